The van der Waals surface area contributed by atoms with E-state index in [0.29, 0.717) is 12.5 Å². The van der Waals surface area contributed by atoms with E-state index in [-0.39, 0.29) is 22.1 Å². The minimum Gasteiger partial charge on any atom is -0.459 e. The number of carbonyl (C=O) groups excluding carboxylic acids is 2. The second kappa shape index (κ2) is 9.26. The van der Waals surface area contributed by atoms with Crippen LogP contribution in [-0.2, 0) is 15.7 Å². The maximum Gasteiger partial charge on any atom is 0.417 e. The Bertz CT molecular complexity index is 1250. The molecule has 0 aliphatic carbocycles. The van der Waals surface area contributed by atoms with E-state index < -0.39 is 46.6 Å². The van der Waals surface area contributed by atoms with Crippen LogP contribution >= 0.6 is 12.2 Å². The fraction of sp³-hybridized carbons (Fsp3) is 0.333. The normalized spacial score (nSPS) is 16.3. The Morgan fingerprint density at radius 1 is 1.20 bits per heavy atom. The number of thiocarbonyl (C=S) groups is 1. The highest BCUT2D eigenvalue weighted by molar-refractivity contribution is 7.81. The second-order valence-corrected chi connectivity index (χ2v) is 8.81. The molecule has 1 aliphatic rings. The Kier molecular flexibility index (Phi) is 6.90. The molecule has 1 saturated heterocycles. The molecule has 0 spiro atoms. The van der Waals surface area contributed by atoms with Crippen molar-refractivity contribution in [2.45, 2.75) is 51.9 Å². The molecule has 0 aromatic heterocycles. The van der Waals surface area contributed by atoms with Gasteiger partial charge in [0.05, 0.1) is 34.6 Å². The van der Waals surface area contributed by atoms with Crippen molar-refractivity contribution < 1.29 is 31.9 Å². The van der Waals surface area contributed by atoms with Crippen molar-refractivity contribution >= 4 is 40.6 Å². The monoisotopic (exact) mass is 507 g/mol. The third-order valence-corrected chi connectivity index (χ3v) is 6.03. The van der Waals surface area contributed by atoms with Crippen LogP contribution in [0, 0.1) is 17.1 Å². The van der Waals surface area contributed by atoms with E-state index in [4.69, 9.17) is 22.2 Å². The number of benzene rings is 2. The lowest BCUT2D eigenvalue weighted by molar-refractivity contribution is -0.137. The maximum absolute atomic E-state index is 14.8. The number of esters is 1. The van der Waals surface area contributed by atoms with Crippen LogP contribution in [0.1, 0.15) is 55.6 Å². The van der Waals surface area contributed by atoms with Crippen LogP contribution in [0.4, 0.5) is 28.9 Å². The topological polar surface area (TPSA) is 73.6 Å². The molecule has 184 valence electrons. The number of nitrogens with zero attached hydrogens (tertiary/aromatic N) is 3. The lowest BCUT2D eigenvalue weighted by atomic mass is 10.0. The molecule has 35 heavy (non-hydrogen) atoms. The van der Waals surface area contributed by atoms with Crippen molar-refractivity contribution in [3.05, 3.63) is 58.9 Å². The smallest absolute Gasteiger partial charge is 0.417 e. The fourth-order valence-electron chi connectivity index (χ4n) is 3.60. The van der Waals surface area contributed by atoms with Gasteiger partial charge in [0.2, 0.25) is 0 Å². The first-order valence-electron chi connectivity index (χ1n) is 10.5. The lowest BCUT2D eigenvalue weighted by Crippen LogP contribution is -2.44. The standard InChI is InChI=1S/C24H21F4N3O3S/c1-5-13(2)34-20(32)17-9-8-16(11-19(17)25)31-22(35)30(21(33)23(31,3)4)15-7-6-14(12-29)18(10-15)24(26,27)28/h6-11,13H,5H2,1-4H3/t13-/m0/s1. The molecule has 1 amide bonds. The SMILES string of the molecule is CC[C@H](C)OC(=O)c1ccc(N2C(=S)N(c3ccc(C#N)c(C(F)(F)F)c3)C(=O)C2(C)C)cc1F. The summed E-state index contributed by atoms with van der Waals surface area (Å²) in [6.07, 6.45) is -4.69. The van der Waals surface area contributed by atoms with Gasteiger partial charge in [-0.3, -0.25) is 9.69 Å². The van der Waals surface area contributed by atoms with Crippen LogP contribution in [0.5, 0.6) is 0 Å². The third kappa shape index (κ3) is 4.71. The summed E-state index contributed by atoms with van der Waals surface area (Å²) in [5, 5.41) is 8.84. The first kappa shape index (κ1) is 26.1. The van der Waals surface area contributed by atoms with Crippen molar-refractivity contribution in [1.29, 1.82) is 5.26 Å². The zero-order valence-electron chi connectivity index (χ0n) is 19.2. The summed E-state index contributed by atoms with van der Waals surface area (Å²) in [4.78, 5) is 27.7. The van der Waals surface area contributed by atoms with Crippen molar-refractivity contribution in [1.82, 2.24) is 0 Å². The van der Waals surface area contributed by atoms with Gasteiger partial charge in [0.25, 0.3) is 5.91 Å². The first-order chi connectivity index (χ1) is 16.2. The summed E-state index contributed by atoms with van der Waals surface area (Å²) in [7, 11) is 0. The van der Waals surface area contributed by atoms with Crippen LogP contribution in [-0.4, -0.2) is 28.6 Å². The van der Waals surface area contributed by atoms with Crippen LogP contribution < -0.4 is 9.80 Å². The predicted molar refractivity (Wildman–Crippen MR) is 124 cm³/mol. The van der Waals surface area contributed by atoms with E-state index in [2.05, 4.69) is 0 Å². The molecule has 1 heterocycles. The van der Waals surface area contributed by atoms with E-state index in [1.807, 2.05) is 6.92 Å². The number of hydrogen-bond donors (Lipinski definition) is 0. The molecule has 2 aromatic rings. The molecule has 0 saturated carbocycles. The number of carbonyl (C=O) groups is 2. The minimum atomic E-state index is -4.83. The summed E-state index contributed by atoms with van der Waals surface area (Å²) in [6.45, 7) is 6.45. The largest absolute Gasteiger partial charge is 0.459 e. The zero-order valence-corrected chi connectivity index (χ0v) is 20.1. The van der Waals surface area contributed by atoms with Crippen molar-refractivity contribution in [3.8, 4) is 6.07 Å². The molecule has 6 nitrogen and oxygen atoms in total. The molecule has 1 atom stereocenters. The molecule has 2 aromatic carbocycles. The molecular weight excluding hydrogens is 486 g/mol. The first-order valence-corrected chi connectivity index (χ1v) is 11.0. The molecule has 0 N–H and O–H groups in total. The number of amides is 1. The quantitative estimate of drug-likeness (QED) is 0.299. The highest BCUT2D eigenvalue weighted by Gasteiger charge is 2.51. The number of alkyl halides is 3. The Hall–Kier alpha value is -3.52. The van der Waals surface area contributed by atoms with E-state index >= 15 is 0 Å². The van der Waals surface area contributed by atoms with E-state index in [1.54, 1.807) is 6.92 Å². The number of hydrogen-bond acceptors (Lipinski definition) is 5. The van der Waals surface area contributed by atoms with Crippen LogP contribution in [0.25, 0.3) is 0 Å². The molecule has 0 unspecified atom stereocenters. The third-order valence-electron chi connectivity index (χ3n) is 5.67. The summed E-state index contributed by atoms with van der Waals surface area (Å²) in [5.41, 5.74) is -3.57. The van der Waals surface area contributed by atoms with Crippen LogP contribution in [0.3, 0.4) is 0 Å². The highest BCUT2D eigenvalue weighted by atomic mass is 32.1. The van der Waals surface area contributed by atoms with Gasteiger partial charge in [-0.1, -0.05) is 6.92 Å². The summed E-state index contributed by atoms with van der Waals surface area (Å²) in [5.74, 6) is -2.40. The Morgan fingerprint density at radius 2 is 1.83 bits per heavy atom. The van der Waals surface area contributed by atoms with Crippen LogP contribution in [0.2, 0.25) is 0 Å². The van der Waals surface area contributed by atoms with Gasteiger partial charge in [-0.25, -0.2) is 9.18 Å². The average molecular weight is 508 g/mol. The number of nitriles is 1. The van der Waals surface area contributed by atoms with Gasteiger partial charge in [-0.05, 0) is 75.8 Å². The Morgan fingerprint density at radius 3 is 2.37 bits per heavy atom. The molecular formula is C24H21F4N3O3S. The van der Waals surface area contributed by atoms with Crippen molar-refractivity contribution in [3.63, 3.8) is 0 Å². The predicted octanol–water partition coefficient (Wildman–Crippen LogP) is 5.59. The van der Waals surface area contributed by atoms with Gasteiger partial charge in [-0.15, -0.1) is 0 Å². The molecule has 3 rings (SSSR count). The van der Waals surface area contributed by atoms with E-state index in [0.717, 1.165) is 17.0 Å². The van der Waals surface area contributed by atoms with Gasteiger partial charge >= 0.3 is 12.1 Å². The van der Waals surface area contributed by atoms with Crippen LogP contribution in [0.15, 0.2) is 36.4 Å². The number of anilines is 2. The van der Waals surface area contributed by atoms with Gasteiger partial charge < -0.3 is 9.64 Å². The highest BCUT2D eigenvalue weighted by Crippen LogP contribution is 2.40. The molecule has 11 heteroatoms. The zero-order chi connectivity index (χ0) is 26.3. The maximum atomic E-state index is 14.8. The number of rotatable bonds is 5. The average Bonchev–Trinajstić information content (AvgIpc) is 2.95. The summed E-state index contributed by atoms with van der Waals surface area (Å²) < 4.78 is 60.4. The van der Waals surface area contributed by atoms with E-state index in [1.165, 1.54) is 43.0 Å². The Labute approximate surface area is 204 Å². The fourth-order valence-corrected chi connectivity index (χ4v) is 4.12. The molecule has 0 radical (unpaired) electrons. The lowest BCUT2D eigenvalue weighted by Gasteiger charge is -2.29. The Balaban J connectivity index is 2.02. The minimum absolute atomic E-state index is 0.123. The summed E-state index contributed by atoms with van der Waals surface area (Å²) >= 11 is 5.42. The molecule has 1 aliphatic heterocycles. The van der Waals surface area contributed by atoms with Gasteiger partial charge in [0.15, 0.2) is 5.11 Å². The van der Waals surface area contributed by atoms with Crippen molar-refractivity contribution in [2.24, 2.45) is 0 Å². The number of halogens is 4. The molecule has 1 fully saturated rings. The summed E-state index contributed by atoms with van der Waals surface area (Å²) in [6, 6.07) is 7.89. The van der Waals surface area contributed by atoms with Gasteiger partial charge in [0, 0.05) is 5.69 Å². The molecule has 0 bridgehead atoms. The van der Waals surface area contributed by atoms with Crippen molar-refractivity contribution in [2.75, 3.05) is 9.80 Å². The van der Waals surface area contributed by atoms with Gasteiger partial charge in [-0.2, -0.15) is 18.4 Å². The van der Waals surface area contributed by atoms with Gasteiger partial charge in [0.1, 0.15) is 11.4 Å². The van der Waals surface area contributed by atoms with E-state index in [9.17, 15) is 27.2 Å². The second-order valence-electron chi connectivity index (χ2n) is 8.45. The number of ether oxygens (including phenoxy) is 1.